The van der Waals surface area contributed by atoms with Crippen LogP contribution in [0.1, 0.15) is 11.4 Å². The smallest absolute Gasteiger partial charge is 0.243 e. The first-order valence-corrected chi connectivity index (χ1v) is 9.77. The second-order valence-corrected chi connectivity index (χ2v) is 7.05. The minimum atomic E-state index is -0.660. The van der Waals surface area contributed by atoms with Gasteiger partial charge in [-0.05, 0) is 21.9 Å². The van der Waals surface area contributed by atoms with Gasteiger partial charge in [-0.3, -0.25) is 9.59 Å². The molecule has 0 bridgehead atoms. The molecule has 30 heavy (non-hydrogen) atoms. The quantitative estimate of drug-likeness (QED) is 0.398. The van der Waals surface area contributed by atoms with Gasteiger partial charge in [0.1, 0.15) is 11.9 Å². The van der Waals surface area contributed by atoms with E-state index in [0.29, 0.717) is 18.7 Å². The number of carbonyl (C=O) groups is 2. The zero-order valence-corrected chi connectivity index (χ0v) is 16.3. The highest BCUT2D eigenvalue weighted by Gasteiger charge is 2.18. The van der Waals surface area contributed by atoms with Gasteiger partial charge >= 0.3 is 0 Å². The Morgan fingerprint density at radius 3 is 2.57 bits per heavy atom. The highest BCUT2D eigenvalue weighted by atomic mass is 16.2. The Balaban J connectivity index is 1.40. The predicted molar refractivity (Wildman–Crippen MR) is 117 cm³/mol. The van der Waals surface area contributed by atoms with Crippen LogP contribution in [0, 0.1) is 0 Å². The first-order chi connectivity index (χ1) is 14.7. The largest absolute Gasteiger partial charge is 0.347 e. The van der Waals surface area contributed by atoms with Crippen LogP contribution in [0.25, 0.3) is 22.0 Å². The topological polar surface area (TPSA) is 86.9 Å². The molecule has 150 valence electrons. The van der Waals surface area contributed by atoms with Crippen LogP contribution in [0.15, 0.2) is 79.0 Å². The van der Waals surface area contributed by atoms with Gasteiger partial charge in [-0.1, -0.05) is 72.8 Å². The summed E-state index contributed by atoms with van der Waals surface area (Å²) in [6.45, 7) is 0.250. The Labute approximate surface area is 174 Å². The van der Waals surface area contributed by atoms with Crippen molar-refractivity contribution in [2.75, 3.05) is 0 Å². The molecule has 1 aromatic heterocycles. The summed E-state index contributed by atoms with van der Waals surface area (Å²) in [4.78, 5) is 31.3. The number of nitrogens with one attached hydrogen (secondary N) is 3. The van der Waals surface area contributed by atoms with Gasteiger partial charge in [0.05, 0.1) is 18.4 Å². The molecule has 3 aromatic carbocycles. The summed E-state index contributed by atoms with van der Waals surface area (Å²) >= 11 is 0. The molecule has 1 atom stereocenters. The number of carbonyl (C=O) groups excluding carboxylic acids is 2. The standard InChI is InChI=1S/C24H22N4O2/c29-16-27-21(13-17-10-11-18-6-4-5-9-20(18)12-17)24(30)26-15-23-25-14-22(28-23)19-7-2-1-3-8-19/h1-12,14,16,21H,13,15H2,(H,25,28)(H,26,30)(H,27,29). The Morgan fingerprint density at radius 2 is 1.77 bits per heavy atom. The average Bonchev–Trinajstić information content (AvgIpc) is 3.27. The van der Waals surface area contributed by atoms with E-state index in [9.17, 15) is 9.59 Å². The maximum atomic E-state index is 12.7. The van der Waals surface area contributed by atoms with Crippen molar-refractivity contribution in [2.24, 2.45) is 0 Å². The van der Waals surface area contributed by atoms with Gasteiger partial charge in [-0.15, -0.1) is 0 Å². The number of aromatic amines is 1. The van der Waals surface area contributed by atoms with Crippen LogP contribution < -0.4 is 10.6 Å². The number of rotatable bonds is 8. The molecule has 0 fully saturated rings. The Morgan fingerprint density at radius 1 is 1.00 bits per heavy atom. The Hall–Kier alpha value is -3.93. The second kappa shape index (κ2) is 9.05. The molecule has 0 spiro atoms. The highest BCUT2D eigenvalue weighted by molar-refractivity contribution is 5.85. The highest BCUT2D eigenvalue weighted by Crippen LogP contribution is 2.17. The molecule has 0 aliphatic heterocycles. The number of aromatic nitrogens is 2. The number of hydrogen-bond acceptors (Lipinski definition) is 3. The summed E-state index contributed by atoms with van der Waals surface area (Å²) in [6, 6.07) is 23.3. The third-order valence-electron chi connectivity index (χ3n) is 4.98. The zero-order valence-electron chi connectivity index (χ0n) is 16.3. The van der Waals surface area contributed by atoms with Gasteiger partial charge in [0.25, 0.3) is 0 Å². The monoisotopic (exact) mass is 398 g/mol. The van der Waals surface area contributed by atoms with E-state index in [1.54, 1.807) is 6.20 Å². The fourth-order valence-corrected chi connectivity index (χ4v) is 3.42. The van der Waals surface area contributed by atoms with E-state index >= 15 is 0 Å². The summed E-state index contributed by atoms with van der Waals surface area (Å²) in [7, 11) is 0. The molecular formula is C24H22N4O2. The molecule has 0 saturated carbocycles. The van der Waals surface area contributed by atoms with Crippen LogP contribution in [0.4, 0.5) is 0 Å². The molecule has 6 nitrogen and oxygen atoms in total. The van der Waals surface area contributed by atoms with E-state index < -0.39 is 6.04 Å². The first kappa shape index (κ1) is 19.4. The fourth-order valence-electron chi connectivity index (χ4n) is 3.42. The van der Waals surface area contributed by atoms with Gasteiger partial charge in [-0.25, -0.2) is 4.98 Å². The third kappa shape index (κ3) is 4.55. The Kier molecular flexibility index (Phi) is 5.85. The Bertz CT molecular complexity index is 1150. The number of amides is 2. The number of H-pyrrole nitrogens is 1. The van der Waals surface area contributed by atoms with Crippen molar-refractivity contribution in [3.63, 3.8) is 0 Å². The van der Waals surface area contributed by atoms with Crippen LogP contribution >= 0.6 is 0 Å². The van der Waals surface area contributed by atoms with E-state index in [-0.39, 0.29) is 12.5 Å². The molecule has 1 unspecified atom stereocenters. The maximum absolute atomic E-state index is 12.7. The third-order valence-corrected chi connectivity index (χ3v) is 4.98. The minimum absolute atomic E-state index is 0.250. The predicted octanol–water partition coefficient (Wildman–Crippen LogP) is 3.20. The summed E-state index contributed by atoms with van der Waals surface area (Å²) in [5.74, 6) is 0.394. The average molecular weight is 398 g/mol. The van der Waals surface area contributed by atoms with E-state index in [0.717, 1.165) is 27.6 Å². The molecule has 4 aromatic rings. The lowest BCUT2D eigenvalue weighted by molar-refractivity contribution is -0.125. The van der Waals surface area contributed by atoms with E-state index in [1.807, 2.05) is 72.8 Å². The number of fused-ring (bicyclic) bond motifs is 1. The molecule has 0 saturated heterocycles. The van der Waals surface area contributed by atoms with Crippen molar-refractivity contribution in [1.29, 1.82) is 0 Å². The summed E-state index contributed by atoms with van der Waals surface area (Å²) in [5.41, 5.74) is 2.89. The summed E-state index contributed by atoms with van der Waals surface area (Å²) < 4.78 is 0. The lowest BCUT2D eigenvalue weighted by atomic mass is 10.0. The van der Waals surface area contributed by atoms with Crippen molar-refractivity contribution in [1.82, 2.24) is 20.6 Å². The van der Waals surface area contributed by atoms with Crippen LogP contribution in [-0.2, 0) is 22.6 Å². The molecule has 4 rings (SSSR count). The van der Waals surface area contributed by atoms with Crippen LogP contribution in [-0.4, -0.2) is 28.3 Å². The molecule has 2 amide bonds. The molecule has 0 aliphatic carbocycles. The van der Waals surface area contributed by atoms with Gasteiger partial charge in [-0.2, -0.15) is 0 Å². The zero-order chi connectivity index (χ0) is 20.8. The van der Waals surface area contributed by atoms with Gasteiger partial charge in [0, 0.05) is 6.42 Å². The van der Waals surface area contributed by atoms with Crippen molar-refractivity contribution >= 4 is 23.1 Å². The lowest BCUT2D eigenvalue weighted by Crippen LogP contribution is -2.44. The summed E-state index contributed by atoms with van der Waals surface area (Å²) in [5, 5.41) is 7.71. The number of nitrogens with zero attached hydrogens (tertiary/aromatic N) is 1. The number of hydrogen-bond donors (Lipinski definition) is 3. The van der Waals surface area contributed by atoms with Gasteiger partial charge in [0.2, 0.25) is 12.3 Å². The fraction of sp³-hybridized carbons (Fsp3) is 0.125. The van der Waals surface area contributed by atoms with Crippen molar-refractivity contribution < 1.29 is 9.59 Å². The SMILES string of the molecule is O=CNC(Cc1ccc2ccccc2c1)C(=O)NCc1ncc(-c2ccccc2)[nH]1. The van der Waals surface area contributed by atoms with Gasteiger partial charge < -0.3 is 15.6 Å². The van der Waals surface area contributed by atoms with Crippen molar-refractivity contribution in [3.05, 3.63) is 90.4 Å². The van der Waals surface area contributed by atoms with Crippen LogP contribution in [0.2, 0.25) is 0 Å². The van der Waals surface area contributed by atoms with Crippen molar-refractivity contribution in [3.8, 4) is 11.3 Å². The number of imidazole rings is 1. The van der Waals surface area contributed by atoms with E-state index in [1.165, 1.54) is 0 Å². The maximum Gasteiger partial charge on any atom is 0.243 e. The van der Waals surface area contributed by atoms with Crippen molar-refractivity contribution in [2.45, 2.75) is 19.0 Å². The van der Waals surface area contributed by atoms with Crippen LogP contribution in [0.5, 0.6) is 0 Å². The molecule has 0 aliphatic rings. The first-order valence-electron chi connectivity index (χ1n) is 9.77. The molecule has 1 heterocycles. The molecule has 6 heteroatoms. The molecular weight excluding hydrogens is 376 g/mol. The van der Waals surface area contributed by atoms with Crippen LogP contribution in [0.3, 0.4) is 0 Å². The minimum Gasteiger partial charge on any atom is -0.347 e. The van der Waals surface area contributed by atoms with E-state index in [4.69, 9.17) is 0 Å². The van der Waals surface area contributed by atoms with Gasteiger partial charge in [0.15, 0.2) is 0 Å². The lowest BCUT2D eigenvalue weighted by Gasteiger charge is -2.16. The number of benzene rings is 3. The second-order valence-electron chi connectivity index (χ2n) is 7.05. The normalized spacial score (nSPS) is 11.7. The van der Waals surface area contributed by atoms with E-state index in [2.05, 4.69) is 20.6 Å². The molecule has 3 N–H and O–H groups in total. The molecule has 0 radical (unpaired) electrons. The summed E-state index contributed by atoms with van der Waals surface area (Å²) in [6.07, 6.45) is 2.71.